The van der Waals surface area contributed by atoms with Gasteiger partial charge in [-0.2, -0.15) is 0 Å². The number of nitrogens with two attached hydrogens (primary N) is 1. The first-order valence-electron chi connectivity index (χ1n) is 15.9. The fraction of sp³-hybridized carbons (Fsp3) is 0.618. The second-order valence-electron chi connectivity index (χ2n) is 13.0. The number of hydrogen-bond acceptors (Lipinski definition) is 12. The van der Waals surface area contributed by atoms with E-state index in [1.807, 2.05) is 30.3 Å². The largest absolute Gasteiger partial charge is 0.465 e. The molecule has 2 rings (SSSR count). The predicted molar refractivity (Wildman–Crippen MR) is 180 cm³/mol. The molecule has 15 nitrogen and oxygen atoms in total. The molecule has 1 aromatic rings. The van der Waals surface area contributed by atoms with Crippen LogP contribution in [0, 0.1) is 0 Å². The Balaban J connectivity index is 0.000000797. The molecule has 0 saturated carbocycles. The molecule has 1 aliphatic rings. The lowest BCUT2D eigenvalue weighted by atomic mass is 10.2. The van der Waals surface area contributed by atoms with Crippen LogP contribution in [0.3, 0.4) is 0 Å². The minimum atomic E-state index is -1.01. The van der Waals surface area contributed by atoms with Crippen LogP contribution < -0.4 is 5.73 Å². The molecule has 1 unspecified atom stereocenters. The first-order valence-corrected chi connectivity index (χ1v) is 15.9. The number of amides is 3. The summed E-state index contributed by atoms with van der Waals surface area (Å²) in [5, 5.41) is 0. The number of Topliss-reactive ketones (excluding diaryl/α,β-unsaturated/α-hetero) is 1. The van der Waals surface area contributed by atoms with Gasteiger partial charge in [-0.3, -0.25) is 24.2 Å². The fourth-order valence-electron chi connectivity index (χ4n) is 3.98. The molecule has 1 fully saturated rings. The summed E-state index contributed by atoms with van der Waals surface area (Å²) >= 11 is 0. The number of likely N-dealkylation sites (N-methyl/N-ethyl adjacent to an activating group) is 2. The Morgan fingerprint density at radius 3 is 1.96 bits per heavy atom. The van der Waals surface area contributed by atoms with Gasteiger partial charge in [-0.25, -0.2) is 14.4 Å². The van der Waals surface area contributed by atoms with E-state index in [0.717, 1.165) is 10.5 Å². The highest BCUT2D eigenvalue weighted by molar-refractivity contribution is 5.91. The van der Waals surface area contributed by atoms with Gasteiger partial charge >= 0.3 is 24.1 Å². The zero-order valence-corrected chi connectivity index (χ0v) is 30.5. The van der Waals surface area contributed by atoms with Crippen LogP contribution in [0.4, 0.5) is 9.59 Å². The van der Waals surface area contributed by atoms with E-state index in [2.05, 4.69) is 4.74 Å². The van der Waals surface area contributed by atoms with Gasteiger partial charge in [-0.1, -0.05) is 30.3 Å². The normalized spacial score (nSPS) is 14.5. The van der Waals surface area contributed by atoms with E-state index >= 15 is 0 Å². The van der Waals surface area contributed by atoms with Crippen LogP contribution >= 0.6 is 0 Å². The van der Waals surface area contributed by atoms with Crippen molar-refractivity contribution in [3.8, 4) is 0 Å². The van der Waals surface area contributed by atoms with Gasteiger partial charge in [0, 0.05) is 27.1 Å². The van der Waals surface area contributed by atoms with Gasteiger partial charge in [0.2, 0.25) is 5.91 Å². The lowest BCUT2D eigenvalue weighted by Gasteiger charge is -2.28. The van der Waals surface area contributed by atoms with E-state index in [9.17, 15) is 33.6 Å². The number of esters is 2. The highest BCUT2D eigenvalue weighted by Gasteiger charge is 2.38. The standard InChI is InChI=1S/C17H23NO5.C13H22N2O4.C4H9NO2/c1-17(2,3)23-16(21)18(4)14(10-11-19)15(20)22-12-13-8-6-5-7-9-13;1-9(16)8-15-7-6-10(11(15)17)14(5)12(18)19-13(2,3)4;1-2-7-4(6)3-5/h5-9,11,14H,10,12H2,1-4H3;10H,6-8H2,1-5H3;2-3,5H2,1H3/t14-;;/m1../s1. The molecule has 1 aromatic carbocycles. The van der Waals surface area contributed by atoms with Crippen LogP contribution in [0.15, 0.2) is 30.3 Å². The number of carbonyl (C=O) groups excluding carboxylic acids is 7. The minimum Gasteiger partial charge on any atom is -0.465 e. The summed E-state index contributed by atoms with van der Waals surface area (Å²) in [5.41, 5.74) is 4.43. The average Bonchev–Trinajstić information content (AvgIpc) is 3.36. The van der Waals surface area contributed by atoms with E-state index in [4.69, 9.17) is 19.9 Å². The molecule has 1 heterocycles. The number of rotatable bonds is 11. The average molecular weight is 695 g/mol. The molecular weight excluding hydrogens is 640 g/mol. The van der Waals surface area contributed by atoms with E-state index in [1.54, 1.807) is 55.5 Å². The van der Waals surface area contributed by atoms with Crippen molar-refractivity contribution in [1.82, 2.24) is 14.7 Å². The van der Waals surface area contributed by atoms with Gasteiger partial charge < -0.3 is 34.4 Å². The third-order valence-electron chi connectivity index (χ3n) is 6.27. The van der Waals surface area contributed by atoms with Crippen LogP contribution in [-0.2, 0) is 49.5 Å². The molecule has 2 atom stereocenters. The van der Waals surface area contributed by atoms with E-state index in [1.165, 1.54) is 23.8 Å². The molecule has 0 aromatic heterocycles. The van der Waals surface area contributed by atoms with Crippen LogP contribution in [0.5, 0.6) is 0 Å². The Hall–Kier alpha value is -4.53. The van der Waals surface area contributed by atoms with Crippen LogP contribution in [0.1, 0.15) is 73.8 Å². The van der Waals surface area contributed by atoms with Gasteiger partial charge in [0.15, 0.2) is 0 Å². The number of carbonyl (C=O) groups is 7. The van der Waals surface area contributed by atoms with E-state index in [-0.39, 0.29) is 43.8 Å². The second-order valence-corrected chi connectivity index (χ2v) is 13.0. The molecule has 1 aliphatic heterocycles. The van der Waals surface area contributed by atoms with Crippen molar-refractivity contribution >= 4 is 42.1 Å². The monoisotopic (exact) mass is 694 g/mol. The van der Waals surface area contributed by atoms with Gasteiger partial charge in [-0.15, -0.1) is 0 Å². The summed E-state index contributed by atoms with van der Waals surface area (Å²) in [4.78, 5) is 84.0. The first-order chi connectivity index (χ1) is 22.7. The van der Waals surface area contributed by atoms with E-state index in [0.29, 0.717) is 25.9 Å². The third-order valence-corrected chi connectivity index (χ3v) is 6.27. The lowest BCUT2D eigenvalue weighted by Crippen LogP contribution is -2.45. The van der Waals surface area contributed by atoms with E-state index < -0.39 is 41.4 Å². The summed E-state index contributed by atoms with van der Waals surface area (Å²) in [7, 11) is 2.96. The summed E-state index contributed by atoms with van der Waals surface area (Å²) in [6, 6.07) is 7.62. The topological polar surface area (TPSA) is 192 Å². The molecule has 276 valence electrons. The molecule has 2 N–H and O–H groups in total. The van der Waals surface area contributed by atoms with Crippen molar-refractivity contribution < 1.29 is 52.5 Å². The molecule has 0 radical (unpaired) electrons. The Labute approximate surface area is 289 Å². The summed E-state index contributed by atoms with van der Waals surface area (Å²) in [6.45, 7) is 14.8. The van der Waals surface area contributed by atoms with Crippen molar-refractivity contribution in [2.24, 2.45) is 5.73 Å². The van der Waals surface area contributed by atoms with Crippen molar-refractivity contribution in [2.45, 2.75) is 98.1 Å². The number of benzene rings is 1. The number of aldehydes is 1. The maximum Gasteiger partial charge on any atom is 0.410 e. The van der Waals surface area contributed by atoms with Crippen molar-refractivity contribution in [2.75, 3.05) is 40.3 Å². The van der Waals surface area contributed by atoms with Crippen LogP contribution in [0.2, 0.25) is 0 Å². The maximum atomic E-state index is 12.2. The van der Waals surface area contributed by atoms with Crippen molar-refractivity contribution in [3.63, 3.8) is 0 Å². The first kappa shape index (κ1) is 44.5. The molecule has 0 spiro atoms. The molecule has 0 bridgehead atoms. The Kier molecular flexibility index (Phi) is 19.5. The zero-order valence-electron chi connectivity index (χ0n) is 30.5. The number of likely N-dealkylation sites (tertiary alicyclic amines) is 1. The van der Waals surface area contributed by atoms with Crippen LogP contribution in [0.25, 0.3) is 0 Å². The van der Waals surface area contributed by atoms with Crippen molar-refractivity contribution in [3.05, 3.63) is 35.9 Å². The number of ketones is 1. The Bertz CT molecular complexity index is 1240. The zero-order chi connectivity index (χ0) is 37.9. The highest BCUT2D eigenvalue weighted by atomic mass is 16.6. The maximum absolute atomic E-state index is 12.2. The summed E-state index contributed by atoms with van der Waals surface area (Å²) in [6.07, 6.45) is -0.239. The van der Waals surface area contributed by atoms with Gasteiger partial charge in [-0.05, 0) is 67.4 Å². The number of hydrogen-bond donors (Lipinski definition) is 1. The SMILES string of the molecule is CC(=O)CN1CCC(N(C)C(=O)OC(C)(C)C)C1=O.CCOC(=O)CN.CN(C(=O)OC(C)(C)C)[C@H](CC=O)C(=O)OCc1ccccc1. The highest BCUT2D eigenvalue weighted by Crippen LogP contribution is 2.19. The summed E-state index contributed by atoms with van der Waals surface area (Å²) in [5.74, 6) is -1.24. The smallest absolute Gasteiger partial charge is 0.410 e. The Morgan fingerprint density at radius 2 is 1.51 bits per heavy atom. The molecule has 1 saturated heterocycles. The lowest BCUT2D eigenvalue weighted by molar-refractivity contribution is -0.151. The second kappa shape index (κ2) is 21.4. The number of ether oxygens (including phenoxy) is 4. The third kappa shape index (κ3) is 18.6. The van der Waals surface area contributed by atoms with Gasteiger partial charge in [0.1, 0.15) is 42.0 Å². The molecule has 15 heteroatoms. The van der Waals surface area contributed by atoms with Crippen LogP contribution in [-0.4, -0.2) is 120 Å². The van der Waals surface area contributed by atoms with Gasteiger partial charge in [0.25, 0.3) is 0 Å². The Morgan fingerprint density at radius 1 is 0.959 bits per heavy atom. The van der Waals surface area contributed by atoms with Crippen molar-refractivity contribution in [1.29, 1.82) is 0 Å². The fourth-order valence-corrected chi connectivity index (χ4v) is 3.98. The summed E-state index contributed by atoms with van der Waals surface area (Å²) < 4.78 is 20.1. The van der Waals surface area contributed by atoms with Gasteiger partial charge in [0.05, 0.1) is 19.7 Å². The predicted octanol–water partition coefficient (Wildman–Crippen LogP) is 3.11. The molecule has 0 aliphatic carbocycles. The minimum absolute atomic E-state index is 0.0200. The number of nitrogens with zero attached hydrogens (tertiary/aromatic N) is 3. The quantitative estimate of drug-likeness (QED) is 0.203. The molecule has 49 heavy (non-hydrogen) atoms. The molecule has 3 amide bonds. The molecular formula is C34H54N4O11.